The van der Waals surface area contributed by atoms with Gasteiger partial charge in [0.25, 0.3) is 5.75 Å². The zero-order chi connectivity index (χ0) is 16.2. The van der Waals surface area contributed by atoms with Crippen molar-refractivity contribution in [3.8, 4) is 5.75 Å². The lowest BCUT2D eigenvalue weighted by Gasteiger charge is -2.10. The van der Waals surface area contributed by atoms with E-state index in [4.69, 9.17) is 5.73 Å². The Morgan fingerprint density at radius 3 is 2.19 bits per heavy atom. The number of carbonyl (C=O) groups is 1. The number of benzene rings is 1. The lowest BCUT2D eigenvalue weighted by atomic mass is 10.0. The average Bonchev–Trinajstić information content (AvgIpc) is 2.40. The van der Waals surface area contributed by atoms with Crippen LogP contribution in [0.15, 0.2) is 12.1 Å². The standard InChI is InChI=1S/C11H13N3O7/c1-2-21-11(16)7(12)3-6-4-8(13(17)18)10(15)9(5-6)14(19)20/h4-5,7,15H,2-3,12H2,1H3/t7-/m0/s1. The van der Waals surface area contributed by atoms with Crippen molar-refractivity contribution in [3.05, 3.63) is 37.9 Å². The molecule has 21 heavy (non-hydrogen) atoms. The van der Waals surface area contributed by atoms with Gasteiger partial charge in [0.15, 0.2) is 0 Å². The summed E-state index contributed by atoms with van der Waals surface area (Å²) >= 11 is 0. The molecule has 0 radical (unpaired) electrons. The number of aromatic hydroxyl groups is 1. The monoisotopic (exact) mass is 299 g/mol. The summed E-state index contributed by atoms with van der Waals surface area (Å²) in [4.78, 5) is 31.0. The minimum Gasteiger partial charge on any atom is -0.497 e. The molecule has 0 fully saturated rings. The Kier molecular flexibility index (Phi) is 5.13. The minimum absolute atomic E-state index is 0.0757. The van der Waals surface area contributed by atoms with Crippen LogP contribution in [0, 0.1) is 20.2 Å². The lowest BCUT2D eigenvalue weighted by Crippen LogP contribution is -2.34. The Bertz CT molecular complexity index is 552. The molecular formula is C11H13N3O7. The van der Waals surface area contributed by atoms with Gasteiger partial charge in [-0.15, -0.1) is 0 Å². The molecule has 0 unspecified atom stereocenters. The molecule has 1 rings (SSSR count). The Morgan fingerprint density at radius 1 is 1.33 bits per heavy atom. The maximum absolute atomic E-state index is 11.4. The fourth-order valence-electron chi connectivity index (χ4n) is 1.64. The van der Waals surface area contributed by atoms with E-state index in [0.29, 0.717) is 0 Å². The summed E-state index contributed by atoms with van der Waals surface area (Å²) in [6.07, 6.45) is -0.194. The number of phenolic OH excluding ortho intramolecular Hbond substituents is 1. The van der Waals surface area contributed by atoms with Gasteiger partial charge in [0.1, 0.15) is 6.04 Å². The molecule has 0 bridgehead atoms. The SMILES string of the molecule is CCOC(=O)[C@@H](N)Cc1cc([N+](=O)[O-])c(O)c([N+](=O)[O-])c1. The van der Waals surface area contributed by atoms with Gasteiger partial charge >= 0.3 is 17.3 Å². The molecule has 0 amide bonds. The Hall–Kier alpha value is -2.75. The first-order valence-corrected chi connectivity index (χ1v) is 5.84. The molecule has 10 nitrogen and oxygen atoms in total. The maximum Gasteiger partial charge on any atom is 0.323 e. The van der Waals surface area contributed by atoms with E-state index >= 15 is 0 Å². The van der Waals surface area contributed by atoms with Crippen LogP contribution >= 0.6 is 0 Å². The van der Waals surface area contributed by atoms with Crippen LogP contribution in [0.2, 0.25) is 0 Å². The predicted octanol–water partition coefficient (Wildman–Crippen LogP) is 0.641. The molecule has 0 aliphatic carbocycles. The van der Waals surface area contributed by atoms with Crippen LogP contribution in [-0.2, 0) is 16.0 Å². The fourth-order valence-corrected chi connectivity index (χ4v) is 1.64. The van der Waals surface area contributed by atoms with E-state index in [1.807, 2.05) is 0 Å². The highest BCUT2D eigenvalue weighted by Crippen LogP contribution is 2.36. The van der Waals surface area contributed by atoms with Crippen molar-refractivity contribution in [1.82, 2.24) is 0 Å². The van der Waals surface area contributed by atoms with Crippen molar-refractivity contribution in [2.75, 3.05) is 6.61 Å². The number of nitrogens with zero attached hydrogens (tertiary/aromatic N) is 2. The first-order valence-electron chi connectivity index (χ1n) is 5.84. The molecule has 0 aliphatic rings. The molecule has 0 spiro atoms. The van der Waals surface area contributed by atoms with E-state index < -0.39 is 39.0 Å². The summed E-state index contributed by atoms with van der Waals surface area (Å²) in [7, 11) is 0. The Morgan fingerprint density at radius 2 is 1.81 bits per heavy atom. The second kappa shape index (κ2) is 6.61. The highest BCUT2D eigenvalue weighted by molar-refractivity contribution is 5.76. The van der Waals surface area contributed by atoms with Gasteiger partial charge in [-0.3, -0.25) is 25.0 Å². The molecule has 0 aliphatic heterocycles. The van der Waals surface area contributed by atoms with Crippen LogP contribution in [0.5, 0.6) is 5.75 Å². The number of phenols is 1. The van der Waals surface area contributed by atoms with Crippen molar-refractivity contribution in [2.24, 2.45) is 5.73 Å². The van der Waals surface area contributed by atoms with Gasteiger partial charge in [0, 0.05) is 12.1 Å². The summed E-state index contributed by atoms with van der Waals surface area (Å²) in [5, 5.41) is 31.0. The van der Waals surface area contributed by atoms with Crippen LogP contribution in [0.4, 0.5) is 11.4 Å². The molecule has 3 N–H and O–H groups in total. The molecule has 0 heterocycles. The summed E-state index contributed by atoms with van der Waals surface area (Å²) < 4.78 is 4.67. The zero-order valence-electron chi connectivity index (χ0n) is 11.0. The normalized spacial score (nSPS) is 11.7. The Labute approximate surface area is 118 Å². The summed E-state index contributed by atoms with van der Waals surface area (Å²) in [6.45, 7) is 1.70. The molecule has 0 saturated heterocycles. The van der Waals surface area contributed by atoms with Crippen LogP contribution in [0.3, 0.4) is 0 Å². The quantitative estimate of drug-likeness (QED) is 0.439. The van der Waals surface area contributed by atoms with Gasteiger partial charge in [0.05, 0.1) is 16.5 Å². The predicted molar refractivity (Wildman–Crippen MR) is 69.7 cm³/mol. The van der Waals surface area contributed by atoms with E-state index in [9.17, 15) is 30.1 Å². The molecule has 114 valence electrons. The smallest absolute Gasteiger partial charge is 0.323 e. The van der Waals surface area contributed by atoms with Crippen molar-refractivity contribution in [2.45, 2.75) is 19.4 Å². The lowest BCUT2D eigenvalue weighted by molar-refractivity contribution is -0.396. The summed E-state index contributed by atoms with van der Waals surface area (Å²) in [6, 6.07) is 0.747. The van der Waals surface area contributed by atoms with Gasteiger partial charge in [-0.2, -0.15) is 0 Å². The van der Waals surface area contributed by atoms with Gasteiger partial charge in [-0.1, -0.05) is 0 Å². The van der Waals surface area contributed by atoms with Gasteiger partial charge < -0.3 is 15.6 Å². The van der Waals surface area contributed by atoms with Crippen molar-refractivity contribution in [3.63, 3.8) is 0 Å². The topological polar surface area (TPSA) is 159 Å². The second-order valence-corrected chi connectivity index (χ2v) is 4.06. The van der Waals surface area contributed by atoms with Crippen LogP contribution < -0.4 is 5.73 Å². The molecule has 1 atom stereocenters. The van der Waals surface area contributed by atoms with Crippen LogP contribution in [-0.4, -0.2) is 33.6 Å². The summed E-state index contributed by atoms with van der Waals surface area (Å²) in [5.41, 5.74) is 3.98. The Balaban J connectivity index is 3.16. The van der Waals surface area contributed by atoms with E-state index in [1.54, 1.807) is 6.92 Å². The largest absolute Gasteiger partial charge is 0.497 e. The third-order valence-electron chi connectivity index (χ3n) is 2.57. The van der Waals surface area contributed by atoms with E-state index in [2.05, 4.69) is 4.74 Å². The molecule has 1 aromatic carbocycles. The first kappa shape index (κ1) is 16.3. The minimum atomic E-state index is -1.12. The van der Waals surface area contributed by atoms with Crippen LogP contribution in [0.1, 0.15) is 12.5 Å². The summed E-state index contributed by atoms with van der Waals surface area (Å²) in [5.74, 6) is -1.77. The third-order valence-corrected chi connectivity index (χ3v) is 2.57. The second-order valence-electron chi connectivity index (χ2n) is 4.06. The van der Waals surface area contributed by atoms with Crippen molar-refractivity contribution >= 4 is 17.3 Å². The number of ether oxygens (including phenoxy) is 1. The van der Waals surface area contributed by atoms with Crippen molar-refractivity contribution < 1.29 is 24.5 Å². The van der Waals surface area contributed by atoms with Gasteiger partial charge in [0.2, 0.25) is 0 Å². The number of rotatable bonds is 6. The molecule has 0 aromatic heterocycles. The zero-order valence-corrected chi connectivity index (χ0v) is 11.0. The molecular weight excluding hydrogens is 286 g/mol. The first-order chi connectivity index (χ1) is 9.77. The number of nitro benzene ring substituents is 2. The average molecular weight is 299 g/mol. The molecule has 10 heteroatoms. The number of nitrogens with two attached hydrogens (primary N) is 1. The van der Waals surface area contributed by atoms with E-state index in [-0.39, 0.29) is 18.6 Å². The van der Waals surface area contributed by atoms with Gasteiger partial charge in [-0.25, -0.2) is 0 Å². The third kappa shape index (κ3) is 3.86. The van der Waals surface area contributed by atoms with E-state index in [1.165, 1.54) is 0 Å². The number of nitro groups is 2. The number of hydrogen-bond acceptors (Lipinski definition) is 8. The maximum atomic E-state index is 11.4. The highest BCUT2D eigenvalue weighted by atomic mass is 16.6. The van der Waals surface area contributed by atoms with Gasteiger partial charge in [-0.05, 0) is 18.9 Å². The number of carbonyl (C=O) groups excluding carboxylic acids is 1. The van der Waals surface area contributed by atoms with Crippen molar-refractivity contribution in [1.29, 1.82) is 0 Å². The van der Waals surface area contributed by atoms with E-state index in [0.717, 1.165) is 12.1 Å². The fraction of sp³-hybridized carbons (Fsp3) is 0.364. The number of hydrogen-bond donors (Lipinski definition) is 2. The highest BCUT2D eigenvalue weighted by Gasteiger charge is 2.27. The molecule has 1 aromatic rings. The molecule has 0 saturated carbocycles. The number of esters is 1. The van der Waals surface area contributed by atoms with Crippen LogP contribution in [0.25, 0.3) is 0 Å².